The highest BCUT2D eigenvalue weighted by atomic mass is 15.1. The lowest BCUT2D eigenvalue weighted by molar-refractivity contribution is 0.0592. The predicted molar refractivity (Wildman–Crippen MR) is 85.5 cm³/mol. The van der Waals surface area contributed by atoms with Gasteiger partial charge >= 0.3 is 0 Å². The van der Waals surface area contributed by atoms with E-state index >= 15 is 0 Å². The van der Waals surface area contributed by atoms with Gasteiger partial charge in [0.1, 0.15) is 0 Å². The third kappa shape index (κ3) is 4.19. The molecule has 1 aliphatic carbocycles. The quantitative estimate of drug-likeness (QED) is 0.835. The van der Waals surface area contributed by atoms with Gasteiger partial charge in [0.05, 0.1) is 0 Å². The Bertz CT molecular complexity index is 277. The standard InChI is InChI=1S/C17H36N2/c1-13(16(2,3)4)19(8)12-14-10-9-11-17(5,6)15(14)18-7/h13-15,18H,9-12H2,1-8H3. The average Bonchev–Trinajstić information content (AvgIpc) is 2.25. The summed E-state index contributed by atoms with van der Waals surface area (Å²) in [6.45, 7) is 15.5. The Morgan fingerprint density at radius 1 is 1.32 bits per heavy atom. The molecule has 1 saturated carbocycles. The lowest BCUT2D eigenvalue weighted by Gasteiger charge is -2.46. The van der Waals surface area contributed by atoms with E-state index in [2.05, 4.69) is 65.9 Å². The Morgan fingerprint density at radius 2 is 1.89 bits per heavy atom. The molecular formula is C17H36N2. The summed E-state index contributed by atoms with van der Waals surface area (Å²) in [7, 11) is 4.43. The van der Waals surface area contributed by atoms with Gasteiger partial charge in [-0.3, -0.25) is 0 Å². The van der Waals surface area contributed by atoms with Crippen LogP contribution in [0.5, 0.6) is 0 Å². The fourth-order valence-electron chi connectivity index (χ4n) is 3.79. The molecule has 1 fully saturated rings. The highest BCUT2D eigenvalue weighted by Crippen LogP contribution is 2.39. The molecule has 0 saturated heterocycles. The molecule has 0 heterocycles. The van der Waals surface area contributed by atoms with E-state index in [1.165, 1.54) is 25.8 Å². The molecule has 2 nitrogen and oxygen atoms in total. The maximum absolute atomic E-state index is 3.60. The number of nitrogens with zero attached hydrogens (tertiary/aromatic N) is 1. The van der Waals surface area contributed by atoms with Gasteiger partial charge in [-0.05, 0) is 50.6 Å². The maximum atomic E-state index is 3.60. The van der Waals surface area contributed by atoms with Crippen LogP contribution in [0.25, 0.3) is 0 Å². The summed E-state index contributed by atoms with van der Waals surface area (Å²) in [5, 5.41) is 3.60. The van der Waals surface area contributed by atoms with Gasteiger partial charge in [-0.1, -0.05) is 41.0 Å². The second kappa shape index (κ2) is 6.13. The van der Waals surface area contributed by atoms with Crippen molar-refractivity contribution in [2.75, 3.05) is 20.6 Å². The van der Waals surface area contributed by atoms with Crippen LogP contribution in [0.3, 0.4) is 0 Å². The van der Waals surface area contributed by atoms with Crippen molar-refractivity contribution in [2.24, 2.45) is 16.7 Å². The summed E-state index contributed by atoms with van der Waals surface area (Å²) >= 11 is 0. The molecule has 0 aromatic rings. The number of rotatable bonds is 4. The van der Waals surface area contributed by atoms with E-state index in [0.717, 1.165) is 5.92 Å². The Labute approximate surface area is 121 Å². The minimum Gasteiger partial charge on any atom is -0.316 e. The Hall–Kier alpha value is -0.0800. The molecule has 2 heteroatoms. The molecule has 0 bridgehead atoms. The minimum absolute atomic E-state index is 0.355. The molecule has 0 aromatic heterocycles. The topological polar surface area (TPSA) is 15.3 Å². The third-order valence-electron chi connectivity index (χ3n) is 5.46. The smallest absolute Gasteiger partial charge is 0.0156 e. The van der Waals surface area contributed by atoms with Crippen molar-refractivity contribution in [3.8, 4) is 0 Å². The van der Waals surface area contributed by atoms with E-state index in [9.17, 15) is 0 Å². The Morgan fingerprint density at radius 3 is 2.37 bits per heavy atom. The highest BCUT2D eigenvalue weighted by molar-refractivity contribution is 4.94. The van der Waals surface area contributed by atoms with E-state index < -0.39 is 0 Å². The second-order valence-electron chi connectivity index (χ2n) is 8.39. The van der Waals surface area contributed by atoms with Gasteiger partial charge in [-0.2, -0.15) is 0 Å². The van der Waals surface area contributed by atoms with Crippen molar-refractivity contribution < 1.29 is 0 Å². The zero-order valence-corrected chi connectivity index (χ0v) is 14.5. The molecule has 114 valence electrons. The van der Waals surface area contributed by atoms with Gasteiger partial charge < -0.3 is 10.2 Å². The molecule has 3 atom stereocenters. The lowest BCUT2D eigenvalue weighted by Crippen LogP contribution is -2.53. The van der Waals surface area contributed by atoms with Crippen molar-refractivity contribution >= 4 is 0 Å². The minimum atomic E-state index is 0.355. The van der Waals surface area contributed by atoms with Gasteiger partial charge in [-0.15, -0.1) is 0 Å². The monoisotopic (exact) mass is 268 g/mol. The SMILES string of the molecule is CNC1C(CN(C)C(C)C(C)(C)C)CCCC1(C)C. The molecular weight excluding hydrogens is 232 g/mol. The molecule has 0 aromatic carbocycles. The van der Waals surface area contributed by atoms with E-state index in [1.54, 1.807) is 0 Å². The van der Waals surface area contributed by atoms with Gasteiger partial charge in [0.25, 0.3) is 0 Å². The molecule has 1 aliphatic rings. The van der Waals surface area contributed by atoms with Crippen molar-refractivity contribution in [2.45, 2.75) is 72.9 Å². The maximum Gasteiger partial charge on any atom is 0.0156 e. The molecule has 3 unspecified atom stereocenters. The van der Waals surface area contributed by atoms with Crippen molar-refractivity contribution in [1.82, 2.24) is 10.2 Å². The first-order chi connectivity index (χ1) is 8.59. The summed E-state index contributed by atoms with van der Waals surface area (Å²) in [4.78, 5) is 2.57. The van der Waals surface area contributed by atoms with Crippen LogP contribution in [0.1, 0.15) is 60.8 Å². The van der Waals surface area contributed by atoms with Gasteiger partial charge in [0.2, 0.25) is 0 Å². The fraction of sp³-hybridized carbons (Fsp3) is 1.00. The molecule has 0 amide bonds. The van der Waals surface area contributed by atoms with Crippen molar-refractivity contribution in [1.29, 1.82) is 0 Å². The summed E-state index contributed by atoms with van der Waals surface area (Å²) in [6.07, 6.45) is 4.11. The van der Waals surface area contributed by atoms with Crippen LogP contribution in [0.15, 0.2) is 0 Å². The van der Waals surface area contributed by atoms with Gasteiger partial charge in [-0.25, -0.2) is 0 Å². The van der Waals surface area contributed by atoms with Gasteiger partial charge in [0, 0.05) is 18.6 Å². The van der Waals surface area contributed by atoms with Crippen LogP contribution in [0, 0.1) is 16.7 Å². The van der Waals surface area contributed by atoms with E-state index in [0.29, 0.717) is 22.9 Å². The van der Waals surface area contributed by atoms with Crippen molar-refractivity contribution in [3.63, 3.8) is 0 Å². The average molecular weight is 268 g/mol. The summed E-state index contributed by atoms with van der Waals surface area (Å²) in [6, 6.07) is 1.27. The Balaban J connectivity index is 2.69. The zero-order chi connectivity index (χ0) is 14.8. The first-order valence-electron chi connectivity index (χ1n) is 7.97. The molecule has 0 spiro atoms. The van der Waals surface area contributed by atoms with Crippen LogP contribution in [-0.2, 0) is 0 Å². The van der Waals surface area contributed by atoms with Crippen LogP contribution in [0.2, 0.25) is 0 Å². The van der Waals surface area contributed by atoms with Gasteiger partial charge in [0.15, 0.2) is 0 Å². The zero-order valence-electron chi connectivity index (χ0n) is 14.5. The molecule has 1 N–H and O–H groups in total. The van der Waals surface area contributed by atoms with Crippen LogP contribution in [-0.4, -0.2) is 37.6 Å². The largest absolute Gasteiger partial charge is 0.316 e. The molecule has 1 rings (SSSR count). The summed E-state index contributed by atoms with van der Waals surface area (Å²) in [5.74, 6) is 0.781. The first kappa shape index (κ1) is 17.0. The molecule has 0 radical (unpaired) electrons. The number of hydrogen-bond donors (Lipinski definition) is 1. The number of nitrogens with one attached hydrogen (secondary N) is 1. The second-order valence-corrected chi connectivity index (χ2v) is 8.39. The third-order valence-corrected chi connectivity index (χ3v) is 5.46. The molecule has 19 heavy (non-hydrogen) atoms. The summed E-state index contributed by atoms with van der Waals surface area (Å²) in [5.41, 5.74) is 0.789. The van der Waals surface area contributed by atoms with E-state index in [1.807, 2.05) is 0 Å². The Kier molecular flexibility index (Phi) is 5.48. The first-order valence-corrected chi connectivity index (χ1v) is 7.97. The molecule has 0 aliphatic heterocycles. The highest BCUT2D eigenvalue weighted by Gasteiger charge is 2.39. The normalized spacial score (nSPS) is 29.5. The lowest BCUT2D eigenvalue weighted by atomic mass is 9.67. The van der Waals surface area contributed by atoms with Crippen LogP contribution >= 0.6 is 0 Å². The van der Waals surface area contributed by atoms with Crippen molar-refractivity contribution in [3.05, 3.63) is 0 Å². The van der Waals surface area contributed by atoms with Crippen LogP contribution < -0.4 is 5.32 Å². The number of hydrogen-bond acceptors (Lipinski definition) is 2. The summed E-state index contributed by atoms with van der Waals surface area (Å²) < 4.78 is 0. The van der Waals surface area contributed by atoms with E-state index in [4.69, 9.17) is 0 Å². The van der Waals surface area contributed by atoms with E-state index in [-0.39, 0.29) is 0 Å². The predicted octanol–water partition coefficient (Wildman–Crippen LogP) is 3.77. The van der Waals surface area contributed by atoms with Crippen LogP contribution in [0.4, 0.5) is 0 Å². The fourth-order valence-corrected chi connectivity index (χ4v) is 3.79.